The van der Waals surface area contributed by atoms with Crippen LogP contribution in [0.15, 0.2) is 30.3 Å². The Morgan fingerprint density at radius 1 is 1.33 bits per heavy atom. The van der Waals surface area contributed by atoms with Gasteiger partial charge < -0.3 is 15.4 Å². The van der Waals surface area contributed by atoms with Crippen molar-refractivity contribution in [3.05, 3.63) is 35.9 Å². The molecule has 1 aliphatic heterocycles. The van der Waals surface area contributed by atoms with Gasteiger partial charge in [0.05, 0.1) is 11.1 Å². The molecule has 5 heteroatoms. The average Bonchev–Trinajstić information content (AvgIpc) is 2.48. The largest absolute Gasteiger partial charge is 0.474 e. The molecule has 1 fully saturated rings. The highest BCUT2D eigenvalue weighted by atomic mass is 32.1. The normalized spacial score (nSPS) is 17.0. The topological polar surface area (TPSA) is 51.4 Å². The molecule has 0 spiro atoms. The van der Waals surface area contributed by atoms with Gasteiger partial charge in [-0.05, 0) is 32.0 Å². The maximum absolute atomic E-state index is 6.10. The minimum absolute atomic E-state index is 0.183. The summed E-state index contributed by atoms with van der Waals surface area (Å²) in [5.74, 6) is 0.566. The van der Waals surface area contributed by atoms with Crippen LogP contribution in [0.1, 0.15) is 18.4 Å². The van der Waals surface area contributed by atoms with Crippen LogP contribution in [-0.2, 0) is 0 Å². The molecule has 2 heterocycles. The summed E-state index contributed by atoms with van der Waals surface area (Å²) in [5.41, 5.74) is 7.46. The van der Waals surface area contributed by atoms with Gasteiger partial charge in [0.2, 0.25) is 5.88 Å². The number of nitrogens with zero attached hydrogens (tertiary/aromatic N) is 2. The second-order valence-electron chi connectivity index (χ2n) is 5.52. The van der Waals surface area contributed by atoms with Crippen LogP contribution >= 0.6 is 12.2 Å². The van der Waals surface area contributed by atoms with E-state index >= 15 is 0 Å². The Hall–Kier alpha value is -1.72. The van der Waals surface area contributed by atoms with Crippen LogP contribution < -0.4 is 10.5 Å². The molecular formula is C16H19N3OS. The number of piperidine rings is 1. The van der Waals surface area contributed by atoms with Gasteiger partial charge in [-0.15, -0.1) is 0 Å². The minimum atomic E-state index is 0.183. The first-order valence-electron chi connectivity index (χ1n) is 7.18. The van der Waals surface area contributed by atoms with E-state index in [1.807, 2.05) is 30.3 Å². The van der Waals surface area contributed by atoms with Gasteiger partial charge in [-0.1, -0.05) is 30.4 Å². The second kappa shape index (κ2) is 5.95. The van der Waals surface area contributed by atoms with Crippen molar-refractivity contribution in [2.45, 2.75) is 18.9 Å². The van der Waals surface area contributed by atoms with Gasteiger partial charge in [-0.3, -0.25) is 0 Å². The quantitative estimate of drug-likeness (QED) is 0.882. The molecular weight excluding hydrogens is 282 g/mol. The predicted octanol–water partition coefficient (Wildman–Crippen LogP) is 2.34. The summed E-state index contributed by atoms with van der Waals surface area (Å²) >= 11 is 5.15. The Balaban J connectivity index is 1.92. The molecule has 110 valence electrons. The number of likely N-dealkylation sites (tertiary alicyclic amines) is 1. The van der Waals surface area contributed by atoms with Crippen LogP contribution in [0.2, 0.25) is 0 Å². The molecule has 0 saturated carbocycles. The first kappa shape index (κ1) is 14.2. The number of thiocarbonyl (C=S) groups is 1. The first-order valence-corrected chi connectivity index (χ1v) is 7.59. The molecule has 3 rings (SSSR count). The van der Waals surface area contributed by atoms with Gasteiger partial charge in [0.15, 0.2) is 0 Å². The van der Waals surface area contributed by atoms with Crippen LogP contribution in [0.5, 0.6) is 5.88 Å². The van der Waals surface area contributed by atoms with E-state index in [2.05, 4.69) is 16.9 Å². The van der Waals surface area contributed by atoms with Crippen LogP contribution in [0.3, 0.4) is 0 Å². The van der Waals surface area contributed by atoms with Gasteiger partial charge in [-0.25, -0.2) is 4.98 Å². The van der Waals surface area contributed by atoms with Crippen molar-refractivity contribution in [1.29, 1.82) is 0 Å². The maximum Gasteiger partial charge on any atom is 0.224 e. The Labute approximate surface area is 129 Å². The third-order valence-electron chi connectivity index (χ3n) is 3.90. The molecule has 1 saturated heterocycles. The zero-order chi connectivity index (χ0) is 14.8. The van der Waals surface area contributed by atoms with E-state index in [9.17, 15) is 0 Å². The van der Waals surface area contributed by atoms with E-state index in [-0.39, 0.29) is 6.10 Å². The summed E-state index contributed by atoms with van der Waals surface area (Å²) < 4.78 is 6.10. The van der Waals surface area contributed by atoms with E-state index in [1.54, 1.807) is 0 Å². The van der Waals surface area contributed by atoms with Crippen molar-refractivity contribution in [1.82, 2.24) is 9.88 Å². The van der Waals surface area contributed by atoms with E-state index in [4.69, 9.17) is 22.7 Å². The summed E-state index contributed by atoms with van der Waals surface area (Å²) in [7, 11) is 2.13. The Kier molecular flexibility index (Phi) is 4.03. The molecule has 0 bridgehead atoms. The van der Waals surface area contributed by atoms with E-state index in [0.29, 0.717) is 10.9 Å². The number of nitrogens with two attached hydrogens (primary N) is 1. The van der Waals surface area contributed by atoms with Crippen molar-refractivity contribution in [3.63, 3.8) is 0 Å². The fourth-order valence-corrected chi connectivity index (χ4v) is 2.77. The number of pyridine rings is 1. The Bertz CT molecular complexity index is 666. The molecule has 2 aromatic rings. The standard InChI is InChI=1S/C16H19N3OS/c1-19-8-6-12(7-9-19)20-16-13(15(17)21)10-11-4-2-3-5-14(11)18-16/h2-5,10,12H,6-9H2,1H3,(H2,17,21). The third kappa shape index (κ3) is 3.14. The van der Waals surface area contributed by atoms with Crippen molar-refractivity contribution in [2.75, 3.05) is 20.1 Å². The smallest absolute Gasteiger partial charge is 0.224 e. The fraction of sp³-hybridized carbons (Fsp3) is 0.375. The number of benzene rings is 1. The number of aromatic nitrogens is 1. The molecule has 1 aliphatic rings. The number of rotatable bonds is 3. The van der Waals surface area contributed by atoms with E-state index in [0.717, 1.165) is 42.4 Å². The van der Waals surface area contributed by atoms with Gasteiger partial charge in [0.25, 0.3) is 0 Å². The maximum atomic E-state index is 6.10. The Morgan fingerprint density at radius 3 is 2.76 bits per heavy atom. The lowest BCUT2D eigenvalue weighted by atomic mass is 10.1. The molecule has 0 unspecified atom stereocenters. The van der Waals surface area contributed by atoms with Crippen molar-refractivity contribution < 1.29 is 4.74 Å². The SMILES string of the molecule is CN1CCC(Oc2nc3ccccc3cc2C(N)=S)CC1. The molecule has 0 aliphatic carbocycles. The summed E-state index contributed by atoms with van der Waals surface area (Å²) in [6.07, 6.45) is 2.19. The summed E-state index contributed by atoms with van der Waals surface area (Å²) in [6, 6.07) is 9.89. The highest BCUT2D eigenvalue weighted by molar-refractivity contribution is 7.80. The monoisotopic (exact) mass is 301 g/mol. The van der Waals surface area contributed by atoms with Crippen LogP contribution in [0, 0.1) is 0 Å². The van der Waals surface area contributed by atoms with Crippen molar-refractivity contribution in [3.8, 4) is 5.88 Å². The van der Waals surface area contributed by atoms with Crippen LogP contribution in [0.4, 0.5) is 0 Å². The molecule has 4 nitrogen and oxygen atoms in total. The van der Waals surface area contributed by atoms with Gasteiger partial charge in [0.1, 0.15) is 11.1 Å². The van der Waals surface area contributed by atoms with Crippen LogP contribution in [0.25, 0.3) is 10.9 Å². The number of hydrogen-bond acceptors (Lipinski definition) is 4. The summed E-state index contributed by atoms with van der Waals surface area (Å²) in [6.45, 7) is 2.08. The zero-order valence-corrected chi connectivity index (χ0v) is 12.9. The highest BCUT2D eigenvalue weighted by Gasteiger charge is 2.20. The predicted molar refractivity (Wildman–Crippen MR) is 88.8 cm³/mol. The Morgan fingerprint density at radius 2 is 2.05 bits per heavy atom. The molecule has 2 N–H and O–H groups in total. The molecule has 0 radical (unpaired) electrons. The minimum Gasteiger partial charge on any atom is -0.474 e. The molecule has 1 aromatic carbocycles. The van der Waals surface area contributed by atoms with E-state index in [1.165, 1.54) is 0 Å². The van der Waals surface area contributed by atoms with E-state index < -0.39 is 0 Å². The van der Waals surface area contributed by atoms with Crippen LogP contribution in [-0.4, -0.2) is 41.1 Å². The summed E-state index contributed by atoms with van der Waals surface area (Å²) in [5, 5.41) is 1.02. The first-order chi connectivity index (χ1) is 10.1. The lowest BCUT2D eigenvalue weighted by molar-refractivity contribution is 0.110. The molecule has 1 aromatic heterocycles. The highest BCUT2D eigenvalue weighted by Crippen LogP contribution is 2.25. The number of fused-ring (bicyclic) bond motifs is 1. The second-order valence-corrected chi connectivity index (χ2v) is 5.96. The number of hydrogen-bond donors (Lipinski definition) is 1. The summed E-state index contributed by atoms with van der Waals surface area (Å²) in [4.78, 5) is 7.24. The number of para-hydroxylation sites is 1. The van der Waals surface area contributed by atoms with Gasteiger partial charge in [-0.2, -0.15) is 0 Å². The van der Waals surface area contributed by atoms with Gasteiger partial charge >= 0.3 is 0 Å². The average molecular weight is 301 g/mol. The lowest BCUT2D eigenvalue weighted by Crippen LogP contribution is -2.36. The number of ether oxygens (including phenoxy) is 1. The fourth-order valence-electron chi connectivity index (χ4n) is 2.63. The lowest BCUT2D eigenvalue weighted by Gasteiger charge is -2.29. The third-order valence-corrected chi connectivity index (χ3v) is 4.12. The molecule has 0 atom stereocenters. The van der Waals surface area contributed by atoms with Crippen molar-refractivity contribution in [2.24, 2.45) is 5.73 Å². The zero-order valence-electron chi connectivity index (χ0n) is 12.1. The van der Waals surface area contributed by atoms with Gasteiger partial charge in [0, 0.05) is 18.5 Å². The molecule has 0 amide bonds. The van der Waals surface area contributed by atoms with Crippen molar-refractivity contribution >= 4 is 28.1 Å². The molecule has 21 heavy (non-hydrogen) atoms.